The number of hydrogen-bond acceptors (Lipinski definition) is 4. The molecule has 2 aromatic heterocycles. The molecule has 0 N–H and O–H groups in total. The maximum absolute atomic E-state index is 13.8. The van der Waals surface area contributed by atoms with Crippen molar-refractivity contribution < 1.29 is 8.91 Å². The van der Waals surface area contributed by atoms with Crippen molar-refractivity contribution in [3.05, 3.63) is 75.0 Å². The van der Waals surface area contributed by atoms with Crippen LogP contribution < -0.4 is 11.1 Å². The van der Waals surface area contributed by atoms with Crippen LogP contribution in [0.1, 0.15) is 37.5 Å². The van der Waals surface area contributed by atoms with E-state index in [0.717, 1.165) is 25.7 Å². The average molecular weight is 355 g/mol. The van der Waals surface area contributed by atoms with Crippen LogP contribution in [0.3, 0.4) is 0 Å². The molecule has 0 saturated heterocycles. The van der Waals surface area contributed by atoms with Gasteiger partial charge >= 0.3 is 11.1 Å². The molecule has 6 nitrogen and oxygen atoms in total. The van der Waals surface area contributed by atoms with E-state index in [4.69, 9.17) is 4.52 Å². The SMILES string of the molecule is O=c1c(=O)n(C2CCCC2)ccn1Cc1cc(-c2ccccc2F)no1. The van der Waals surface area contributed by atoms with E-state index in [0.29, 0.717) is 17.0 Å². The Morgan fingerprint density at radius 2 is 1.88 bits per heavy atom. The zero-order chi connectivity index (χ0) is 18.1. The van der Waals surface area contributed by atoms with Crippen LogP contribution >= 0.6 is 0 Å². The van der Waals surface area contributed by atoms with E-state index in [1.807, 2.05) is 0 Å². The molecule has 4 rings (SSSR count). The smallest absolute Gasteiger partial charge is 0.316 e. The summed E-state index contributed by atoms with van der Waals surface area (Å²) in [6, 6.07) is 7.94. The Kier molecular flexibility index (Phi) is 4.28. The molecule has 0 spiro atoms. The van der Waals surface area contributed by atoms with Gasteiger partial charge in [-0.15, -0.1) is 0 Å². The first-order valence-electron chi connectivity index (χ1n) is 8.65. The van der Waals surface area contributed by atoms with Crippen molar-refractivity contribution in [2.24, 2.45) is 0 Å². The van der Waals surface area contributed by atoms with Crippen LogP contribution in [0.5, 0.6) is 0 Å². The van der Waals surface area contributed by atoms with E-state index in [1.165, 1.54) is 15.2 Å². The highest BCUT2D eigenvalue weighted by atomic mass is 19.1. The van der Waals surface area contributed by atoms with Gasteiger partial charge < -0.3 is 13.7 Å². The highest BCUT2D eigenvalue weighted by Gasteiger charge is 2.19. The van der Waals surface area contributed by atoms with Crippen molar-refractivity contribution in [2.45, 2.75) is 38.3 Å². The van der Waals surface area contributed by atoms with Crippen LogP contribution in [0.2, 0.25) is 0 Å². The summed E-state index contributed by atoms with van der Waals surface area (Å²) >= 11 is 0. The molecule has 0 amide bonds. The second kappa shape index (κ2) is 6.74. The van der Waals surface area contributed by atoms with Gasteiger partial charge in [-0.2, -0.15) is 0 Å². The molecule has 0 bridgehead atoms. The highest BCUT2D eigenvalue weighted by Crippen LogP contribution is 2.27. The summed E-state index contributed by atoms with van der Waals surface area (Å²) in [5, 5.41) is 3.86. The number of halogens is 1. The Hall–Kier alpha value is -2.96. The lowest BCUT2D eigenvalue weighted by Crippen LogP contribution is -2.41. The van der Waals surface area contributed by atoms with Crippen molar-refractivity contribution in [1.82, 2.24) is 14.3 Å². The van der Waals surface area contributed by atoms with Gasteiger partial charge in [-0.25, -0.2) is 4.39 Å². The molecular weight excluding hydrogens is 337 g/mol. The third-order valence-electron chi connectivity index (χ3n) is 4.84. The summed E-state index contributed by atoms with van der Waals surface area (Å²) in [5.41, 5.74) is -0.437. The molecule has 1 fully saturated rings. The zero-order valence-corrected chi connectivity index (χ0v) is 14.1. The molecule has 0 aliphatic heterocycles. The minimum atomic E-state index is -0.594. The van der Waals surface area contributed by atoms with Crippen LogP contribution in [0, 0.1) is 5.82 Å². The number of benzene rings is 1. The summed E-state index contributed by atoms with van der Waals surface area (Å²) in [6.45, 7) is 0.0705. The molecular formula is C19H18FN3O3. The summed E-state index contributed by atoms with van der Waals surface area (Å²) in [5.74, 6) is -0.0213. The van der Waals surface area contributed by atoms with Crippen LogP contribution in [0.25, 0.3) is 11.3 Å². The van der Waals surface area contributed by atoms with Crippen molar-refractivity contribution in [3.63, 3.8) is 0 Å². The molecule has 2 heterocycles. The standard InChI is InChI=1S/C19H18FN3O3/c20-16-8-4-3-7-15(16)17-11-14(26-21-17)12-22-9-10-23(19(25)18(22)24)13-5-1-2-6-13/h3-4,7-11,13H,1-2,5-6,12H2. The molecule has 1 aliphatic rings. The molecule has 26 heavy (non-hydrogen) atoms. The van der Waals surface area contributed by atoms with Gasteiger partial charge in [0.05, 0.1) is 6.54 Å². The molecule has 134 valence electrons. The first kappa shape index (κ1) is 16.5. The predicted molar refractivity (Wildman–Crippen MR) is 93.5 cm³/mol. The Morgan fingerprint density at radius 1 is 1.12 bits per heavy atom. The van der Waals surface area contributed by atoms with Crippen LogP contribution in [0.15, 0.2) is 56.8 Å². The molecule has 0 unspecified atom stereocenters. The highest BCUT2D eigenvalue weighted by molar-refractivity contribution is 5.59. The second-order valence-electron chi connectivity index (χ2n) is 6.54. The summed E-state index contributed by atoms with van der Waals surface area (Å²) in [4.78, 5) is 24.8. The van der Waals surface area contributed by atoms with Crippen molar-refractivity contribution in [1.29, 1.82) is 0 Å². The van der Waals surface area contributed by atoms with E-state index in [-0.39, 0.29) is 12.6 Å². The van der Waals surface area contributed by atoms with Crippen molar-refractivity contribution in [3.8, 4) is 11.3 Å². The quantitative estimate of drug-likeness (QED) is 0.675. The zero-order valence-electron chi connectivity index (χ0n) is 14.1. The lowest BCUT2D eigenvalue weighted by atomic mass is 10.1. The van der Waals surface area contributed by atoms with Crippen LogP contribution in [-0.4, -0.2) is 14.3 Å². The fourth-order valence-corrected chi connectivity index (χ4v) is 3.47. The van der Waals surface area contributed by atoms with E-state index in [2.05, 4.69) is 5.16 Å². The van der Waals surface area contributed by atoms with Gasteiger partial charge in [0, 0.05) is 30.1 Å². The maximum Gasteiger partial charge on any atom is 0.316 e. The van der Waals surface area contributed by atoms with Gasteiger partial charge in [0.1, 0.15) is 11.5 Å². The molecule has 0 radical (unpaired) electrons. The Morgan fingerprint density at radius 3 is 2.65 bits per heavy atom. The molecule has 0 atom stereocenters. The summed E-state index contributed by atoms with van der Waals surface area (Å²) < 4.78 is 21.9. The third kappa shape index (κ3) is 3.00. The largest absolute Gasteiger partial charge is 0.359 e. The van der Waals surface area contributed by atoms with E-state index >= 15 is 0 Å². The minimum Gasteiger partial charge on any atom is -0.359 e. The topological polar surface area (TPSA) is 70.0 Å². The number of nitrogens with zero attached hydrogens (tertiary/aromatic N) is 3. The Bertz CT molecular complexity index is 1040. The second-order valence-corrected chi connectivity index (χ2v) is 6.54. The van der Waals surface area contributed by atoms with Crippen molar-refractivity contribution in [2.75, 3.05) is 0 Å². The summed E-state index contributed by atoms with van der Waals surface area (Å²) in [6.07, 6.45) is 7.27. The minimum absolute atomic E-state index is 0.0705. The van der Waals surface area contributed by atoms with E-state index in [1.54, 1.807) is 36.7 Å². The van der Waals surface area contributed by atoms with Gasteiger partial charge in [0.2, 0.25) is 0 Å². The van der Waals surface area contributed by atoms with Crippen LogP contribution in [-0.2, 0) is 6.54 Å². The monoisotopic (exact) mass is 355 g/mol. The Balaban J connectivity index is 1.60. The molecule has 3 aromatic rings. The maximum atomic E-state index is 13.8. The fourth-order valence-electron chi connectivity index (χ4n) is 3.47. The van der Waals surface area contributed by atoms with Gasteiger partial charge in [-0.05, 0) is 25.0 Å². The summed E-state index contributed by atoms with van der Waals surface area (Å²) in [7, 11) is 0. The third-order valence-corrected chi connectivity index (χ3v) is 4.84. The first-order valence-corrected chi connectivity index (χ1v) is 8.65. The molecule has 7 heteroatoms. The molecule has 1 aliphatic carbocycles. The predicted octanol–water partition coefficient (Wildman–Crippen LogP) is 2.97. The van der Waals surface area contributed by atoms with Gasteiger partial charge in [-0.1, -0.05) is 30.1 Å². The van der Waals surface area contributed by atoms with Gasteiger partial charge in [0.15, 0.2) is 5.76 Å². The number of hydrogen-bond donors (Lipinski definition) is 0. The van der Waals surface area contributed by atoms with E-state index < -0.39 is 16.9 Å². The number of rotatable bonds is 4. The lowest BCUT2D eigenvalue weighted by molar-refractivity contribution is 0.375. The van der Waals surface area contributed by atoms with E-state index in [9.17, 15) is 14.0 Å². The van der Waals surface area contributed by atoms with Crippen LogP contribution in [0.4, 0.5) is 4.39 Å². The van der Waals surface area contributed by atoms with Gasteiger partial charge in [0.25, 0.3) is 0 Å². The lowest BCUT2D eigenvalue weighted by Gasteiger charge is -2.13. The number of aromatic nitrogens is 3. The van der Waals surface area contributed by atoms with Gasteiger partial charge in [-0.3, -0.25) is 9.59 Å². The molecule has 1 saturated carbocycles. The molecule has 1 aromatic carbocycles. The average Bonchev–Trinajstić information content (AvgIpc) is 3.32. The van der Waals surface area contributed by atoms with Crippen molar-refractivity contribution >= 4 is 0 Å². The fraction of sp³-hybridized carbons (Fsp3) is 0.316. The Labute approximate surface area is 148 Å². The normalized spacial score (nSPS) is 14.8. The first-order chi connectivity index (χ1) is 12.6.